The van der Waals surface area contributed by atoms with E-state index in [-0.39, 0.29) is 10.8 Å². The molecule has 0 aliphatic rings. The lowest BCUT2D eigenvalue weighted by Gasteiger charge is -2.20. The number of aldehydes is 1. The Kier molecular flexibility index (Phi) is 6.28. The first-order valence-electron chi connectivity index (χ1n) is 8.30. The van der Waals surface area contributed by atoms with Gasteiger partial charge in [-0.1, -0.05) is 32.0 Å². The van der Waals surface area contributed by atoms with E-state index >= 15 is 0 Å². The van der Waals surface area contributed by atoms with Crippen molar-refractivity contribution in [3.05, 3.63) is 59.2 Å². The molecule has 0 fully saturated rings. The number of anilines is 1. The van der Waals surface area contributed by atoms with E-state index in [9.17, 15) is 18.0 Å². The third-order valence-corrected chi connectivity index (χ3v) is 6.27. The number of hydrogen-bond acceptors (Lipinski definition) is 4. The van der Waals surface area contributed by atoms with E-state index in [1.54, 1.807) is 57.2 Å². The molecule has 0 unspecified atom stereocenters. The minimum absolute atomic E-state index is 0.176. The van der Waals surface area contributed by atoms with Crippen molar-refractivity contribution in [1.29, 1.82) is 0 Å². The molecule has 1 amide bonds. The number of benzene rings is 2. The number of sulfonamides is 1. The fraction of sp³-hybridized carbons (Fsp3) is 0.263. The summed E-state index contributed by atoms with van der Waals surface area (Å²) in [5.41, 5.74) is 1.87. The number of amides is 1. The average Bonchev–Trinajstić information content (AvgIpc) is 2.64. The van der Waals surface area contributed by atoms with Crippen LogP contribution >= 0.6 is 0 Å². The molecule has 0 atom stereocenters. The lowest BCUT2D eigenvalue weighted by Crippen LogP contribution is -2.31. The molecule has 2 aromatic rings. The molecule has 0 radical (unpaired) electrons. The predicted octanol–water partition coefficient (Wildman–Crippen LogP) is 3.09. The number of rotatable bonds is 7. The van der Waals surface area contributed by atoms with Gasteiger partial charge in [-0.05, 0) is 36.8 Å². The van der Waals surface area contributed by atoms with Crippen LogP contribution in [-0.4, -0.2) is 38.0 Å². The van der Waals surface area contributed by atoms with E-state index in [0.29, 0.717) is 41.8 Å². The number of nitrogens with zero attached hydrogens (tertiary/aromatic N) is 1. The normalized spacial score (nSPS) is 11.4. The molecule has 0 saturated carbocycles. The summed E-state index contributed by atoms with van der Waals surface area (Å²) in [5, 5.41) is 2.70. The van der Waals surface area contributed by atoms with Crippen LogP contribution in [0.25, 0.3) is 0 Å². The standard InChI is InChI=1S/C19H22N2O4S/c1-4-21(5-2)26(24,25)18-12-17(11-6-14(18)3)20-19(23)16-9-7-15(13-22)8-10-16/h6-13H,4-5H2,1-3H3,(H,20,23). The van der Waals surface area contributed by atoms with Gasteiger partial charge in [0.1, 0.15) is 6.29 Å². The topological polar surface area (TPSA) is 83.6 Å². The van der Waals surface area contributed by atoms with Gasteiger partial charge in [0, 0.05) is 29.9 Å². The molecule has 0 spiro atoms. The first-order chi connectivity index (χ1) is 12.3. The Labute approximate surface area is 153 Å². The quantitative estimate of drug-likeness (QED) is 0.755. The predicted molar refractivity (Wildman–Crippen MR) is 101 cm³/mol. The summed E-state index contributed by atoms with van der Waals surface area (Å²) < 4.78 is 26.9. The van der Waals surface area contributed by atoms with Crippen molar-refractivity contribution in [3.63, 3.8) is 0 Å². The van der Waals surface area contributed by atoms with Crippen LogP contribution in [-0.2, 0) is 10.0 Å². The molecule has 26 heavy (non-hydrogen) atoms. The molecule has 2 aromatic carbocycles. The second kappa shape index (κ2) is 8.25. The van der Waals surface area contributed by atoms with Gasteiger partial charge in [0.15, 0.2) is 0 Å². The minimum Gasteiger partial charge on any atom is -0.322 e. The Morgan fingerprint density at radius 3 is 2.23 bits per heavy atom. The van der Waals surface area contributed by atoms with Gasteiger partial charge in [0.2, 0.25) is 10.0 Å². The fourth-order valence-corrected chi connectivity index (χ4v) is 4.28. The Hall–Kier alpha value is -2.51. The fourth-order valence-electron chi connectivity index (χ4n) is 2.57. The smallest absolute Gasteiger partial charge is 0.255 e. The number of carbonyl (C=O) groups is 2. The van der Waals surface area contributed by atoms with E-state index < -0.39 is 10.0 Å². The second-order valence-corrected chi connectivity index (χ2v) is 7.67. The molecule has 6 nitrogen and oxygen atoms in total. The summed E-state index contributed by atoms with van der Waals surface area (Å²) in [5.74, 6) is -0.377. The van der Waals surface area contributed by atoms with E-state index in [0.717, 1.165) is 0 Å². The highest BCUT2D eigenvalue weighted by molar-refractivity contribution is 7.89. The summed E-state index contributed by atoms with van der Waals surface area (Å²) in [6.07, 6.45) is 0.700. The van der Waals surface area contributed by atoms with Crippen molar-refractivity contribution in [1.82, 2.24) is 4.31 Å². The van der Waals surface area contributed by atoms with Crippen molar-refractivity contribution in [3.8, 4) is 0 Å². The van der Waals surface area contributed by atoms with Crippen molar-refractivity contribution >= 4 is 27.9 Å². The van der Waals surface area contributed by atoms with Gasteiger partial charge in [-0.15, -0.1) is 0 Å². The lowest BCUT2D eigenvalue weighted by molar-refractivity contribution is 0.102. The van der Waals surface area contributed by atoms with Crippen molar-refractivity contribution in [2.45, 2.75) is 25.7 Å². The molecule has 2 rings (SSSR count). The zero-order valence-electron chi connectivity index (χ0n) is 15.0. The second-order valence-electron chi connectivity index (χ2n) is 5.76. The first kappa shape index (κ1) is 19.8. The van der Waals surface area contributed by atoms with Crippen LogP contribution in [0.3, 0.4) is 0 Å². The maximum Gasteiger partial charge on any atom is 0.255 e. The van der Waals surface area contributed by atoms with Crippen LogP contribution in [0.1, 0.15) is 40.1 Å². The van der Waals surface area contributed by atoms with Gasteiger partial charge in [-0.25, -0.2) is 8.42 Å². The largest absolute Gasteiger partial charge is 0.322 e. The molecular weight excluding hydrogens is 352 g/mol. The summed E-state index contributed by atoms with van der Waals surface area (Å²) in [6.45, 7) is 6.03. The summed E-state index contributed by atoms with van der Waals surface area (Å²) in [4.78, 5) is 23.2. The summed E-state index contributed by atoms with van der Waals surface area (Å²) in [7, 11) is -3.62. The highest BCUT2D eigenvalue weighted by Gasteiger charge is 2.24. The SMILES string of the molecule is CCN(CC)S(=O)(=O)c1cc(NC(=O)c2ccc(C=O)cc2)ccc1C. The van der Waals surface area contributed by atoms with Gasteiger partial charge in [0.25, 0.3) is 5.91 Å². The molecule has 138 valence electrons. The molecular formula is C19H22N2O4S. The van der Waals surface area contributed by atoms with Crippen LogP contribution < -0.4 is 5.32 Å². The van der Waals surface area contributed by atoms with Crippen LogP contribution in [0.4, 0.5) is 5.69 Å². The van der Waals surface area contributed by atoms with E-state index in [2.05, 4.69) is 5.32 Å². The molecule has 0 aliphatic heterocycles. The molecule has 0 bridgehead atoms. The molecule has 7 heteroatoms. The van der Waals surface area contributed by atoms with E-state index in [4.69, 9.17) is 0 Å². The van der Waals surface area contributed by atoms with Gasteiger partial charge in [-0.3, -0.25) is 9.59 Å². The van der Waals surface area contributed by atoms with Crippen LogP contribution in [0.2, 0.25) is 0 Å². The Morgan fingerprint density at radius 2 is 1.69 bits per heavy atom. The zero-order chi connectivity index (χ0) is 19.3. The molecule has 0 aliphatic carbocycles. The number of carbonyl (C=O) groups excluding carboxylic acids is 2. The molecule has 0 heterocycles. The van der Waals surface area contributed by atoms with Crippen LogP contribution in [0, 0.1) is 6.92 Å². The van der Waals surface area contributed by atoms with Crippen LogP contribution in [0.5, 0.6) is 0 Å². The summed E-state index contributed by atoms with van der Waals surface area (Å²) >= 11 is 0. The van der Waals surface area contributed by atoms with Gasteiger partial charge in [-0.2, -0.15) is 4.31 Å². The Morgan fingerprint density at radius 1 is 1.08 bits per heavy atom. The lowest BCUT2D eigenvalue weighted by atomic mass is 10.1. The van der Waals surface area contributed by atoms with Crippen molar-refractivity contribution in [2.75, 3.05) is 18.4 Å². The van der Waals surface area contributed by atoms with Gasteiger partial charge >= 0.3 is 0 Å². The van der Waals surface area contributed by atoms with Gasteiger partial charge in [0.05, 0.1) is 4.90 Å². The van der Waals surface area contributed by atoms with Crippen molar-refractivity contribution in [2.24, 2.45) is 0 Å². The van der Waals surface area contributed by atoms with Gasteiger partial charge < -0.3 is 5.32 Å². The monoisotopic (exact) mass is 374 g/mol. The third kappa shape index (κ3) is 4.17. The molecule has 0 saturated heterocycles. The van der Waals surface area contributed by atoms with Crippen molar-refractivity contribution < 1.29 is 18.0 Å². The Balaban J connectivity index is 2.31. The number of nitrogens with one attached hydrogen (secondary N) is 1. The summed E-state index contributed by atoms with van der Waals surface area (Å²) in [6, 6.07) is 11.0. The Bertz CT molecular complexity index is 902. The highest BCUT2D eigenvalue weighted by atomic mass is 32.2. The van der Waals surface area contributed by atoms with Crippen LogP contribution in [0.15, 0.2) is 47.4 Å². The highest BCUT2D eigenvalue weighted by Crippen LogP contribution is 2.24. The van der Waals surface area contributed by atoms with E-state index in [1.165, 1.54) is 10.4 Å². The third-order valence-electron chi connectivity index (χ3n) is 4.08. The molecule has 1 N–H and O–H groups in total. The number of hydrogen-bond donors (Lipinski definition) is 1. The minimum atomic E-state index is -3.62. The molecule has 0 aromatic heterocycles. The number of aryl methyl sites for hydroxylation is 1. The first-order valence-corrected chi connectivity index (χ1v) is 9.74. The van der Waals surface area contributed by atoms with E-state index in [1.807, 2.05) is 0 Å². The zero-order valence-corrected chi connectivity index (χ0v) is 15.8. The maximum atomic E-state index is 12.8. The maximum absolute atomic E-state index is 12.8. The average molecular weight is 374 g/mol.